The maximum absolute atomic E-state index is 0. The first-order chi connectivity index (χ1) is 0. The molecule has 0 spiro atoms. The van der Waals surface area contributed by atoms with Crippen LogP contribution in [0.25, 0.3) is 0 Å². The van der Waals surface area contributed by atoms with E-state index in [0.29, 0.717) is 0 Å². The van der Waals surface area contributed by atoms with Gasteiger partial charge in [0, 0.05) is 50.6 Å². The number of hydrogen-bond acceptors (Lipinski definition) is 0. The van der Waals surface area contributed by atoms with Gasteiger partial charge in [0.05, 0.1) is 0 Å². The summed E-state index contributed by atoms with van der Waals surface area (Å²) in [7, 11) is 0. The first kappa shape index (κ1) is 49.8. The summed E-state index contributed by atoms with van der Waals surface area (Å²) < 4.78 is 0. The van der Waals surface area contributed by atoms with Crippen LogP contribution in [0.2, 0.25) is 0 Å². The van der Waals surface area contributed by atoms with Crippen LogP contribution in [0.5, 0.6) is 0 Å². The van der Waals surface area contributed by atoms with Crippen LogP contribution in [-0.2, 0) is 50.6 Å². The van der Waals surface area contributed by atoms with E-state index < -0.39 is 0 Å². The standard InChI is InChI=1S/Fe.Mn.Ni.H2O/h;;;1H2. The zero-order valence-electron chi connectivity index (χ0n) is 1.55. The first-order valence-corrected chi connectivity index (χ1v) is 0. The minimum Gasteiger partial charge on any atom is -0.412 e. The molecule has 4 heteroatoms. The van der Waals surface area contributed by atoms with Crippen LogP contribution < -0.4 is 0 Å². The Labute approximate surface area is 56.1 Å². The Balaban J connectivity index is 0. The van der Waals surface area contributed by atoms with Crippen LogP contribution in [0.4, 0.5) is 0 Å². The van der Waals surface area contributed by atoms with Crippen LogP contribution in [-0.4, -0.2) is 5.48 Å². The van der Waals surface area contributed by atoms with Crippen molar-refractivity contribution in [1.82, 2.24) is 0 Å². The second-order valence-corrected chi connectivity index (χ2v) is 0. The fourth-order valence-corrected chi connectivity index (χ4v) is 0. The van der Waals surface area contributed by atoms with Gasteiger partial charge in [0.25, 0.3) is 0 Å². The van der Waals surface area contributed by atoms with Crippen LogP contribution >= 0.6 is 0 Å². The molecule has 0 aromatic carbocycles. The van der Waals surface area contributed by atoms with E-state index in [9.17, 15) is 0 Å². The predicted molar refractivity (Wildman–Crippen MR) is 3.61 cm³/mol. The van der Waals surface area contributed by atoms with Gasteiger partial charge in [-0.15, -0.1) is 0 Å². The Morgan fingerprint density at radius 2 is 1.00 bits per heavy atom. The topological polar surface area (TPSA) is 31.5 Å². The molecule has 1 nitrogen and oxygen atoms in total. The molecule has 0 unspecified atom stereocenters. The summed E-state index contributed by atoms with van der Waals surface area (Å²) in [5.41, 5.74) is 0. The molecule has 33 valence electrons. The van der Waals surface area contributed by atoms with Crippen molar-refractivity contribution in [1.29, 1.82) is 0 Å². The van der Waals surface area contributed by atoms with Crippen LogP contribution in [0.15, 0.2) is 0 Å². The van der Waals surface area contributed by atoms with E-state index in [1.807, 2.05) is 0 Å². The third-order valence-corrected chi connectivity index (χ3v) is 0. The van der Waals surface area contributed by atoms with Crippen LogP contribution in [0, 0.1) is 0 Å². The summed E-state index contributed by atoms with van der Waals surface area (Å²) in [6, 6.07) is 0. The second kappa shape index (κ2) is 24.6. The Morgan fingerprint density at radius 3 is 1.00 bits per heavy atom. The zero-order chi connectivity index (χ0) is 0. The van der Waals surface area contributed by atoms with Crippen molar-refractivity contribution in [2.45, 2.75) is 0 Å². The summed E-state index contributed by atoms with van der Waals surface area (Å²) in [4.78, 5) is 0. The Kier molecular flexibility index (Phi) is 306. The molecule has 0 bridgehead atoms. The SMILES string of the molecule is O.[Fe].[Mn].[Ni]. The summed E-state index contributed by atoms with van der Waals surface area (Å²) in [5.74, 6) is 0. The molecule has 1 radical (unpaired) electrons. The molecular formula is H2FeMnNiO. The molecule has 2 N–H and O–H groups in total. The molecule has 0 aliphatic carbocycles. The van der Waals surface area contributed by atoms with Gasteiger partial charge in [0.2, 0.25) is 0 Å². The molecule has 0 heterocycles. The van der Waals surface area contributed by atoms with E-state index in [1.165, 1.54) is 0 Å². The maximum atomic E-state index is 0. The summed E-state index contributed by atoms with van der Waals surface area (Å²) >= 11 is 0. The molecule has 0 aromatic heterocycles. The van der Waals surface area contributed by atoms with Gasteiger partial charge in [0.1, 0.15) is 0 Å². The van der Waals surface area contributed by atoms with Gasteiger partial charge in [-0.3, -0.25) is 0 Å². The fourth-order valence-electron chi connectivity index (χ4n) is 0. The molecule has 0 atom stereocenters. The minimum absolute atomic E-state index is 0. The molecule has 0 fully saturated rings. The first-order valence-electron chi connectivity index (χ1n) is 0. The van der Waals surface area contributed by atoms with Crippen molar-refractivity contribution < 1.29 is 56.1 Å². The van der Waals surface area contributed by atoms with Gasteiger partial charge in [0.15, 0.2) is 0 Å². The summed E-state index contributed by atoms with van der Waals surface area (Å²) in [6.07, 6.45) is 0. The van der Waals surface area contributed by atoms with Gasteiger partial charge in [-0.05, 0) is 0 Å². The minimum atomic E-state index is 0. The number of hydrogen-bond donors (Lipinski definition) is 0. The largest absolute Gasteiger partial charge is 0.412 e. The van der Waals surface area contributed by atoms with Gasteiger partial charge in [-0.1, -0.05) is 0 Å². The van der Waals surface area contributed by atoms with Crippen molar-refractivity contribution in [3.63, 3.8) is 0 Å². The number of rotatable bonds is 0. The molecule has 4 heavy (non-hydrogen) atoms. The molecule has 0 rings (SSSR count). The molecule has 0 aliphatic heterocycles. The third kappa shape index (κ3) is 9.74. The average Bonchev–Trinajstić information content (AvgIpc) is 0. The molecule has 0 saturated heterocycles. The van der Waals surface area contributed by atoms with Gasteiger partial charge in [-0.25, -0.2) is 0 Å². The van der Waals surface area contributed by atoms with Gasteiger partial charge >= 0.3 is 0 Å². The second-order valence-electron chi connectivity index (χ2n) is 0. The van der Waals surface area contributed by atoms with Crippen molar-refractivity contribution >= 4 is 0 Å². The molecular weight excluding hydrogens is 185 g/mol. The molecule has 0 aromatic rings. The van der Waals surface area contributed by atoms with Crippen molar-refractivity contribution in [3.05, 3.63) is 0 Å². The maximum Gasteiger partial charge on any atom is 0 e. The Morgan fingerprint density at radius 1 is 1.00 bits per heavy atom. The van der Waals surface area contributed by atoms with Crippen LogP contribution in [0.3, 0.4) is 0 Å². The van der Waals surface area contributed by atoms with Crippen molar-refractivity contribution in [2.24, 2.45) is 0 Å². The van der Waals surface area contributed by atoms with E-state index in [-0.39, 0.29) is 56.1 Å². The third-order valence-electron chi connectivity index (χ3n) is 0. The predicted octanol–water partition coefficient (Wildman–Crippen LogP) is -0.832. The average molecular weight is 187 g/mol. The monoisotopic (exact) mass is 187 g/mol. The smallest absolute Gasteiger partial charge is 0 e. The normalized spacial score (nSPS) is 0. The Bertz CT molecular complexity index is 8.00. The van der Waals surface area contributed by atoms with Crippen molar-refractivity contribution in [2.75, 3.05) is 0 Å². The summed E-state index contributed by atoms with van der Waals surface area (Å²) in [6.45, 7) is 0. The zero-order valence-corrected chi connectivity index (χ0v) is 4.82. The Hall–Kier alpha value is 1.49. The van der Waals surface area contributed by atoms with E-state index in [4.69, 9.17) is 0 Å². The van der Waals surface area contributed by atoms with Gasteiger partial charge in [-0.2, -0.15) is 0 Å². The van der Waals surface area contributed by atoms with E-state index in [0.717, 1.165) is 0 Å². The van der Waals surface area contributed by atoms with E-state index in [2.05, 4.69) is 0 Å². The molecule has 0 amide bonds. The fraction of sp³-hybridized carbons (Fsp3) is 0. The van der Waals surface area contributed by atoms with Crippen LogP contribution in [0.1, 0.15) is 0 Å². The van der Waals surface area contributed by atoms with E-state index in [1.54, 1.807) is 0 Å². The van der Waals surface area contributed by atoms with Crippen molar-refractivity contribution in [3.8, 4) is 0 Å². The summed E-state index contributed by atoms with van der Waals surface area (Å²) in [5, 5.41) is 0. The van der Waals surface area contributed by atoms with E-state index >= 15 is 0 Å². The quantitative estimate of drug-likeness (QED) is 0.444. The van der Waals surface area contributed by atoms with Gasteiger partial charge < -0.3 is 5.48 Å². The molecule has 0 saturated carbocycles. The molecule has 0 aliphatic rings.